The van der Waals surface area contributed by atoms with Crippen molar-refractivity contribution in [3.05, 3.63) is 23.9 Å². The van der Waals surface area contributed by atoms with Crippen molar-refractivity contribution < 1.29 is 19.4 Å². The molecule has 1 aromatic rings. The van der Waals surface area contributed by atoms with Crippen molar-refractivity contribution in [2.45, 2.75) is 33.0 Å². The molecule has 2 saturated heterocycles. The summed E-state index contributed by atoms with van der Waals surface area (Å²) < 4.78 is 11.3. The topological polar surface area (TPSA) is 75.1 Å². The summed E-state index contributed by atoms with van der Waals surface area (Å²) in [7, 11) is 0. The Morgan fingerprint density at radius 3 is 2.63 bits per heavy atom. The van der Waals surface area contributed by atoms with E-state index in [1.54, 1.807) is 18.3 Å². The molecular formula is C20H31N3O4. The molecule has 0 bridgehead atoms. The van der Waals surface area contributed by atoms with Gasteiger partial charge in [0, 0.05) is 51.4 Å². The van der Waals surface area contributed by atoms with Gasteiger partial charge in [-0.05, 0) is 38.8 Å². The number of hydrogen-bond donors (Lipinski definition) is 1. The number of nitrogens with zero attached hydrogens (tertiary/aromatic N) is 3. The SMILES string of the molecule is CCOc1ncccc1C(=O)N1C[C@@H](CN2C[C@@H](C)O[C@@H](C)C2)[C@@H](CO)C1. The van der Waals surface area contributed by atoms with E-state index in [9.17, 15) is 9.90 Å². The summed E-state index contributed by atoms with van der Waals surface area (Å²) in [5, 5.41) is 9.86. The highest BCUT2D eigenvalue weighted by Crippen LogP contribution is 2.28. The van der Waals surface area contributed by atoms with Gasteiger partial charge < -0.3 is 19.5 Å². The van der Waals surface area contributed by atoms with Gasteiger partial charge in [-0.25, -0.2) is 4.98 Å². The number of amides is 1. The molecule has 3 heterocycles. The Morgan fingerprint density at radius 1 is 1.26 bits per heavy atom. The number of aliphatic hydroxyl groups excluding tert-OH is 1. The van der Waals surface area contributed by atoms with Crippen LogP contribution in [0.25, 0.3) is 0 Å². The number of aliphatic hydroxyl groups is 1. The zero-order valence-electron chi connectivity index (χ0n) is 16.5. The Kier molecular flexibility index (Phi) is 6.68. The van der Waals surface area contributed by atoms with E-state index >= 15 is 0 Å². The molecule has 1 N–H and O–H groups in total. The molecule has 3 rings (SSSR count). The normalized spacial score (nSPS) is 29.1. The number of rotatable bonds is 6. The molecular weight excluding hydrogens is 346 g/mol. The highest BCUT2D eigenvalue weighted by atomic mass is 16.5. The van der Waals surface area contributed by atoms with Crippen LogP contribution >= 0.6 is 0 Å². The van der Waals surface area contributed by atoms with E-state index < -0.39 is 0 Å². The Morgan fingerprint density at radius 2 is 1.96 bits per heavy atom. The van der Waals surface area contributed by atoms with Crippen LogP contribution in [0.15, 0.2) is 18.3 Å². The average molecular weight is 377 g/mol. The summed E-state index contributed by atoms with van der Waals surface area (Å²) in [6.07, 6.45) is 2.06. The summed E-state index contributed by atoms with van der Waals surface area (Å²) in [4.78, 5) is 21.5. The van der Waals surface area contributed by atoms with Crippen LogP contribution in [0.4, 0.5) is 0 Å². The second kappa shape index (κ2) is 8.99. The van der Waals surface area contributed by atoms with Crippen LogP contribution in [0.3, 0.4) is 0 Å². The molecule has 2 aliphatic heterocycles. The van der Waals surface area contributed by atoms with Crippen molar-refractivity contribution in [3.8, 4) is 5.88 Å². The van der Waals surface area contributed by atoms with Gasteiger partial charge in [-0.1, -0.05) is 0 Å². The average Bonchev–Trinajstić information content (AvgIpc) is 3.04. The van der Waals surface area contributed by atoms with Crippen LogP contribution in [0.2, 0.25) is 0 Å². The minimum Gasteiger partial charge on any atom is -0.477 e. The molecule has 1 amide bonds. The largest absolute Gasteiger partial charge is 0.477 e. The highest BCUT2D eigenvalue weighted by Gasteiger charge is 2.37. The van der Waals surface area contributed by atoms with Gasteiger partial charge in [0.05, 0.1) is 18.8 Å². The van der Waals surface area contributed by atoms with Crippen LogP contribution in [0, 0.1) is 11.8 Å². The van der Waals surface area contributed by atoms with Crippen molar-refractivity contribution >= 4 is 5.91 Å². The third-order valence-electron chi connectivity index (χ3n) is 5.37. The van der Waals surface area contributed by atoms with E-state index in [0.717, 1.165) is 19.6 Å². The van der Waals surface area contributed by atoms with Gasteiger partial charge in [-0.15, -0.1) is 0 Å². The first-order valence-electron chi connectivity index (χ1n) is 9.87. The number of pyridine rings is 1. The summed E-state index contributed by atoms with van der Waals surface area (Å²) in [5.41, 5.74) is 0.491. The molecule has 2 aliphatic rings. The van der Waals surface area contributed by atoms with E-state index in [1.165, 1.54) is 0 Å². The standard InChI is InChI=1S/C20H31N3O4/c1-4-26-19-18(6-5-7-21-19)20(25)23-11-16(17(12-23)13-24)10-22-8-14(2)27-15(3)9-22/h5-7,14-17,24H,4,8-13H2,1-3H3/t14-,15+,16-,17-/m1/s1. The van der Waals surface area contributed by atoms with Crippen LogP contribution < -0.4 is 4.74 Å². The first-order valence-corrected chi connectivity index (χ1v) is 9.87. The molecule has 150 valence electrons. The molecule has 7 nitrogen and oxygen atoms in total. The predicted octanol–water partition coefficient (Wildman–Crippen LogP) is 1.27. The molecule has 2 fully saturated rings. The number of carbonyl (C=O) groups is 1. The van der Waals surface area contributed by atoms with Gasteiger partial charge in [-0.3, -0.25) is 9.69 Å². The van der Waals surface area contributed by atoms with E-state index in [-0.39, 0.29) is 36.6 Å². The highest BCUT2D eigenvalue weighted by molar-refractivity contribution is 5.96. The van der Waals surface area contributed by atoms with Gasteiger partial charge >= 0.3 is 0 Å². The number of morpholine rings is 1. The lowest BCUT2D eigenvalue weighted by atomic mass is 9.96. The van der Waals surface area contributed by atoms with Crippen LogP contribution in [-0.2, 0) is 4.74 Å². The van der Waals surface area contributed by atoms with Crippen molar-refractivity contribution in [2.75, 3.05) is 45.9 Å². The number of ether oxygens (including phenoxy) is 2. The lowest BCUT2D eigenvalue weighted by Gasteiger charge is -2.37. The Balaban J connectivity index is 1.67. The van der Waals surface area contributed by atoms with Crippen molar-refractivity contribution in [1.29, 1.82) is 0 Å². The fourth-order valence-electron chi connectivity index (χ4n) is 4.26. The predicted molar refractivity (Wildman–Crippen MR) is 102 cm³/mol. The summed E-state index contributed by atoms with van der Waals surface area (Å²) in [5.74, 6) is 0.652. The van der Waals surface area contributed by atoms with Crippen LogP contribution in [0.5, 0.6) is 5.88 Å². The molecule has 27 heavy (non-hydrogen) atoms. The van der Waals surface area contributed by atoms with Crippen molar-refractivity contribution in [3.63, 3.8) is 0 Å². The fourth-order valence-corrected chi connectivity index (χ4v) is 4.26. The molecule has 4 atom stereocenters. The molecule has 0 aliphatic carbocycles. The second-order valence-electron chi connectivity index (χ2n) is 7.68. The first kappa shape index (κ1) is 20.0. The van der Waals surface area contributed by atoms with E-state index in [4.69, 9.17) is 9.47 Å². The molecule has 7 heteroatoms. The van der Waals surface area contributed by atoms with Crippen LogP contribution in [-0.4, -0.2) is 83.9 Å². The monoisotopic (exact) mass is 377 g/mol. The van der Waals surface area contributed by atoms with Gasteiger partial charge in [0.15, 0.2) is 0 Å². The maximum Gasteiger partial charge on any atom is 0.259 e. The third-order valence-corrected chi connectivity index (χ3v) is 5.37. The van der Waals surface area contributed by atoms with E-state index in [1.807, 2.05) is 11.8 Å². The molecule has 0 radical (unpaired) electrons. The number of carbonyl (C=O) groups excluding carboxylic acids is 1. The molecule has 0 unspecified atom stereocenters. The first-order chi connectivity index (χ1) is 13.0. The van der Waals surface area contributed by atoms with Crippen LogP contribution in [0.1, 0.15) is 31.1 Å². The molecule has 0 saturated carbocycles. The summed E-state index contributed by atoms with van der Waals surface area (Å²) >= 11 is 0. The van der Waals surface area contributed by atoms with Gasteiger partial charge in [0.2, 0.25) is 5.88 Å². The molecule has 0 aromatic carbocycles. The number of aromatic nitrogens is 1. The van der Waals surface area contributed by atoms with Gasteiger partial charge in [0.1, 0.15) is 5.56 Å². The second-order valence-corrected chi connectivity index (χ2v) is 7.68. The Labute approximate surface area is 161 Å². The van der Waals surface area contributed by atoms with E-state index in [0.29, 0.717) is 31.1 Å². The third kappa shape index (κ3) is 4.78. The molecule has 0 spiro atoms. The zero-order valence-corrected chi connectivity index (χ0v) is 16.5. The quantitative estimate of drug-likeness (QED) is 0.805. The Hall–Kier alpha value is -1.70. The summed E-state index contributed by atoms with van der Waals surface area (Å²) in [6, 6.07) is 3.51. The zero-order chi connectivity index (χ0) is 19.4. The van der Waals surface area contributed by atoms with Gasteiger partial charge in [0.25, 0.3) is 5.91 Å². The lowest BCUT2D eigenvalue weighted by Crippen LogP contribution is -2.48. The number of likely N-dealkylation sites (tertiary alicyclic amines) is 1. The fraction of sp³-hybridized carbons (Fsp3) is 0.700. The maximum atomic E-state index is 13.0. The van der Waals surface area contributed by atoms with Crippen molar-refractivity contribution in [1.82, 2.24) is 14.8 Å². The van der Waals surface area contributed by atoms with Gasteiger partial charge in [-0.2, -0.15) is 0 Å². The minimum absolute atomic E-state index is 0.0730. The smallest absolute Gasteiger partial charge is 0.259 e. The maximum absolute atomic E-state index is 13.0. The number of hydrogen-bond acceptors (Lipinski definition) is 6. The Bertz CT molecular complexity index is 631. The lowest BCUT2D eigenvalue weighted by molar-refractivity contribution is -0.0726. The summed E-state index contributed by atoms with van der Waals surface area (Å²) in [6.45, 7) is 10.5. The minimum atomic E-state index is -0.0730. The van der Waals surface area contributed by atoms with E-state index in [2.05, 4.69) is 23.7 Å². The molecule has 1 aromatic heterocycles. The van der Waals surface area contributed by atoms with Crippen molar-refractivity contribution in [2.24, 2.45) is 11.8 Å².